The zero-order chi connectivity index (χ0) is 16.1. The second kappa shape index (κ2) is 7.47. The molecule has 2 amide bonds. The molecule has 1 saturated heterocycles. The topological polar surface area (TPSA) is 49.9 Å². The van der Waals surface area contributed by atoms with Gasteiger partial charge < -0.3 is 9.64 Å². The zero-order valence-corrected chi connectivity index (χ0v) is 13.9. The van der Waals surface area contributed by atoms with Crippen molar-refractivity contribution in [3.8, 4) is 5.75 Å². The molecule has 0 radical (unpaired) electrons. The molecule has 1 aromatic carbocycles. The molecule has 0 bridgehead atoms. The number of nitrogens with zero attached hydrogens (tertiary/aromatic N) is 2. The lowest BCUT2D eigenvalue weighted by molar-refractivity contribution is -0.122. The van der Waals surface area contributed by atoms with E-state index < -0.39 is 0 Å². The number of amides is 2. The molecule has 0 saturated carbocycles. The van der Waals surface area contributed by atoms with Crippen LogP contribution in [0.1, 0.15) is 12.5 Å². The summed E-state index contributed by atoms with van der Waals surface area (Å²) in [6, 6.07) is 7.45. The van der Waals surface area contributed by atoms with Gasteiger partial charge in [0.2, 0.25) is 0 Å². The van der Waals surface area contributed by atoms with Crippen LogP contribution in [0.4, 0.5) is 4.79 Å². The molecule has 0 aromatic heterocycles. The zero-order valence-electron chi connectivity index (χ0n) is 13.0. The maximum atomic E-state index is 12.3. The summed E-state index contributed by atoms with van der Waals surface area (Å²) in [5.41, 5.74) is 0.876. The van der Waals surface area contributed by atoms with Crippen molar-refractivity contribution in [2.24, 2.45) is 0 Å². The van der Waals surface area contributed by atoms with Crippen molar-refractivity contribution in [1.29, 1.82) is 0 Å². The van der Waals surface area contributed by atoms with Crippen LogP contribution < -0.4 is 4.74 Å². The first-order valence-corrected chi connectivity index (χ1v) is 7.96. The fraction of sp³-hybridized carbons (Fsp3) is 0.375. The first kappa shape index (κ1) is 16.6. The van der Waals surface area contributed by atoms with Gasteiger partial charge in [-0.15, -0.1) is 0 Å². The van der Waals surface area contributed by atoms with E-state index in [0.29, 0.717) is 24.6 Å². The van der Waals surface area contributed by atoms with Gasteiger partial charge in [0.1, 0.15) is 5.75 Å². The molecule has 2 rings (SSSR count). The number of rotatable bonds is 6. The van der Waals surface area contributed by atoms with E-state index in [1.54, 1.807) is 6.08 Å². The number of hydrogen-bond acceptors (Lipinski definition) is 5. The van der Waals surface area contributed by atoms with Crippen molar-refractivity contribution >= 4 is 29.0 Å². The first-order valence-electron chi connectivity index (χ1n) is 7.14. The number of thioether (sulfide) groups is 1. The van der Waals surface area contributed by atoms with Crippen molar-refractivity contribution in [3.05, 3.63) is 34.7 Å². The van der Waals surface area contributed by atoms with E-state index in [9.17, 15) is 9.59 Å². The van der Waals surface area contributed by atoms with E-state index in [-0.39, 0.29) is 11.1 Å². The Morgan fingerprint density at radius 2 is 1.91 bits per heavy atom. The monoisotopic (exact) mass is 320 g/mol. The Labute approximate surface area is 134 Å². The Bertz CT molecular complexity index is 582. The number of hydrogen-bond donors (Lipinski definition) is 0. The van der Waals surface area contributed by atoms with Crippen LogP contribution in [0.3, 0.4) is 0 Å². The van der Waals surface area contributed by atoms with Crippen LogP contribution in [-0.4, -0.2) is 54.7 Å². The van der Waals surface area contributed by atoms with Crippen LogP contribution in [0.2, 0.25) is 0 Å². The van der Waals surface area contributed by atoms with Crippen LogP contribution in [0.25, 0.3) is 6.08 Å². The van der Waals surface area contributed by atoms with Crippen molar-refractivity contribution in [2.75, 3.05) is 33.8 Å². The van der Waals surface area contributed by atoms with Gasteiger partial charge in [-0.3, -0.25) is 14.5 Å². The van der Waals surface area contributed by atoms with Crippen LogP contribution in [0.15, 0.2) is 29.2 Å². The Balaban J connectivity index is 2.08. The van der Waals surface area contributed by atoms with Crippen molar-refractivity contribution in [3.63, 3.8) is 0 Å². The molecule has 0 atom stereocenters. The van der Waals surface area contributed by atoms with Gasteiger partial charge in [-0.1, -0.05) is 12.1 Å². The molecule has 1 fully saturated rings. The average molecular weight is 320 g/mol. The smallest absolute Gasteiger partial charge is 0.293 e. The number of carbonyl (C=O) groups excluding carboxylic acids is 2. The van der Waals surface area contributed by atoms with Gasteiger partial charge in [0, 0.05) is 13.1 Å². The highest BCUT2D eigenvalue weighted by Gasteiger charge is 2.34. The Hall–Kier alpha value is -1.79. The molecule has 1 aromatic rings. The minimum atomic E-state index is -0.217. The normalized spacial score (nSPS) is 16.9. The molecule has 118 valence electrons. The number of imide groups is 1. The van der Waals surface area contributed by atoms with Crippen LogP contribution in [0, 0.1) is 0 Å². The summed E-state index contributed by atoms with van der Waals surface area (Å²) < 4.78 is 5.38. The predicted octanol–water partition coefficient (Wildman–Crippen LogP) is 2.68. The van der Waals surface area contributed by atoms with E-state index in [4.69, 9.17) is 4.74 Å². The molecule has 0 spiro atoms. The molecular weight excluding hydrogens is 300 g/mol. The van der Waals surface area contributed by atoms with E-state index in [0.717, 1.165) is 23.1 Å². The molecule has 22 heavy (non-hydrogen) atoms. The molecule has 1 aliphatic rings. The number of ether oxygens (including phenoxy) is 1. The summed E-state index contributed by atoms with van der Waals surface area (Å²) in [7, 11) is 3.82. The SMILES string of the molecule is CCOc1ccc(/C=C2/SC(=O)N(CCN(C)C)C2=O)cc1. The van der Waals surface area contributed by atoms with Crippen LogP contribution in [-0.2, 0) is 4.79 Å². The fourth-order valence-corrected chi connectivity index (χ4v) is 2.84. The minimum Gasteiger partial charge on any atom is -0.494 e. The summed E-state index contributed by atoms with van der Waals surface area (Å²) in [5, 5.41) is -0.205. The number of likely N-dealkylation sites (N-methyl/N-ethyl adjacent to an activating group) is 1. The van der Waals surface area contributed by atoms with Crippen molar-refractivity contribution in [2.45, 2.75) is 6.92 Å². The third-order valence-electron chi connectivity index (χ3n) is 3.13. The number of benzene rings is 1. The highest BCUT2D eigenvalue weighted by Crippen LogP contribution is 2.32. The molecule has 0 N–H and O–H groups in total. The Morgan fingerprint density at radius 3 is 2.50 bits per heavy atom. The van der Waals surface area contributed by atoms with E-state index in [2.05, 4.69) is 0 Å². The Kier molecular flexibility index (Phi) is 5.63. The molecular formula is C16H20N2O3S. The first-order chi connectivity index (χ1) is 10.5. The summed E-state index contributed by atoms with van der Waals surface area (Å²) in [4.78, 5) is 27.9. The maximum absolute atomic E-state index is 12.3. The highest BCUT2D eigenvalue weighted by molar-refractivity contribution is 8.18. The molecule has 1 aliphatic heterocycles. The van der Waals surface area contributed by atoms with Gasteiger partial charge in [-0.2, -0.15) is 0 Å². The van der Waals surface area contributed by atoms with E-state index in [1.165, 1.54) is 4.90 Å². The molecule has 1 heterocycles. The number of carbonyl (C=O) groups is 2. The predicted molar refractivity (Wildman–Crippen MR) is 88.8 cm³/mol. The largest absolute Gasteiger partial charge is 0.494 e. The molecule has 0 aliphatic carbocycles. The van der Waals surface area contributed by atoms with Crippen LogP contribution in [0.5, 0.6) is 5.75 Å². The quantitative estimate of drug-likeness (QED) is 0.754. The van der Waals surface area contributed by atoms with Crippen molar-refractivity contribution < 1.29 is 14.3 Å². The lowest BCUT2D eigenvalue weighted by atomic mass is 10.2. The third-order valence-corrected chi connectivity index (χ3v) is 4.04. The van der Waals surface area contributed by atoms with Crippen molar-refractivity contribution in [1.82, 2.24) is 9.80 Å². The van der Waals surface area contributed by atoms with Crippen LogP contribution >= 0.6 is 11.8 Å². The van der Waals surface area contributed by atoms with Gasteiger partial charge in [0.15, 0.2) is 0 Å². The Morgan fingerprint density at radius 1 is 1.23 bits per heavy atom. The van der Waals surface area contributed by atoms with Gasteiger partial charge in [0.05, 0.1) is 11.5 Å². The van der Waals surface area contributed by atoms with E-state index in [1.807, 2.05) is 50.2 Å². The molecule has 5 nitrogen and oxygen atoms in total. The summed E-state index contributed by atoms with van der Waals surface area (Å²) in [5.74, 6) is 0.574. The lowest BCUT2D eigenvalue weighted by Gasteiger charge is -2.15. The standard InChI is InChI=1S/C16H20N2O3S/c1-4-21-13-7-5-12(6-8-13)11-14-15(19)18(16(20)22-14)10-9-17(2)3/h5-8,11H,4,9-10H2,1-3H3/b14-11+. The molecule has 6 heteroatoms. The summed E-state index contributed by atoms with van der Waals surface area (Å²) in [6.45, 7) is 3.62. The molecule has 0 unspecified atom stereocenters. The third kappa shape index (κ3) is 4.11. The summed E-state index contributed by atoms with van der Waals surface area (Å²) >= 11 is 0.992. The minimum absolute atomic E-state index is 0.205. The maximum Gasteiger partial charge on any atom is 0.293 e. The van der Waals surface area contributed by atoms with E-state index >= 15 is 0 Å². The van der Waals surface area contributed by atoms with Gasteiger partial charge in [-0.05, 0) is 56.6 Å². The second-order valence-corrected chi connectivity index (χ2v) is 6.13. The second-order valence-electron chi connectivity index (χ2n) is 5.14. The van der Waals surface area contributed by atoms with Gasteiger partial charge >= 0.3 is 0 Å². The van der Waals surface area contributed by atoms with Gasteiger partial charge in [0.25, 0.3) is 11.1 Å². The lowest BCUT2D eigenvalue weighted by Crippen LogP contribution is -2.34. The summed E-state index contributed by atoms with van der Waals surface area (Å²) in [6.07, 6.45) is 1.75. The highest BCUT2D eigenvalue weighted by atomic mass is 32.2. The fourth-order valence-electron chi connectivity index (χ4n) is 1.97. The average Bonchev–Trinajstić information content (AvgIpc) is 2.73. The van der Waals surface area contributed by atoms with Gasteiger partial charge in [-0.25, -0.2) is 0 Å².